The van der Waals surface area contributed by atoms with Crippen LogP contribution in [0.4, 0.5) is 13.2 Å². The SMILES string of the molecule is CCc1ccc(CC(=O)c2c(F)cc(F)cc2F)cc1. The summed E-state index contributed by atoms with van der Waals surface area (Å²) in [5, 5.41) is 0. The van der Waals surface area contributed by atoms with Gasteiger partial charge in [0.1, 0.15) is 17.5 Å². The molecule has 0 aliphatic carbocycles. The average molecular weight is 278 g/mol. The quantitative estimate of drug-likeness (QED) is 0.770. The van der Waals surface area contributed by atoms with Gasteiger partial charge in [0.05, 0.1) is 5.56 Å². The van der Waals surface area contributed by atoms with Crippen LogP contribution in [0.2, 0.25) is 0 Å². The van der Waals surface area contributed by atoms with Crippen molar-refractivity contribution in [2.45, 2.75) is 19.8 Å². The molecule has 20 heavy (non-hydrogen) atoms. The summed E-state index contributed by atoms with van der Waals surface area (Å²) in [5.74, 6) is -4.08. The Morgan fingerprint density at radius 2 is 1.45 bits per heavy atom. The lowest BCUT2D eigenvalue weighted by atomic mass is 10.0. The molecule has 1 nitrogen and oxygen atoms in total. The molecule has 0 aromatic heterocycles. The van der Waals surface area contributed by atoms with Gasteiger partial charge in [-0.25, -0.2) is 13.2 Å². The smallest absolute Gasteiger partial charge is 0.173 e. The topological polar surface area (TPSA) is 17.1 Å². The van der Waals surface area contributed by atoms with Crippen molar-refractivity contribution in [3.63, 3.8) is 0 Å². The van der Waals surface area contributed by atoms with E-state index in [1.807, 2.05) is 19.1 Å². The van der Waals surface area contributed by atoms with Gasteiger partial charge in [0.25, 0.3) is 0 Å². The first-order chi connectivity index (χ1) is 9.51. The molecule has 104 valence electrons. The summed E-state index contributed by atoms with van der Waals surface area (Å²) < 4.78 is 39.8. The van der Waals surface area contributed by atoms with Gasteiger partial charge in [-0.15, -0.1) is 0 Å². The molecule has 4 heteroatoms. The fourth-order valence-corrected chi connectivity index (χ4v) is 1.98. The molecule has 2 aromatic rings. The average Bonchev–Trinajstić information content (AvgIpc) is 2.38. The Balaban J connectivity index is 2.23. The molecule has 0 aliphatic rings. The van der Waals surface area contributed by atoms with E-state index in [4.69, 9.17) is 0 Å². The molecule has 0 unspecified atom stereocenters. The number of rotatable bonds is 4. The lowest BCUT2D eigenvalue weighted by Gasteiger charge is -2.05. The first kappa shape index (κ1) is 14.3. The van der Waals surface area contributed by atoms with E-state index >= 15 is 0 Å². The Labute approximate surface area is 115 Å². The molecule has 0 spiro atoms. The second kappa shape index (κ2) is 5.90. The van der Waals surface area contributed by atoms with Crippen LogP contribution in [0.15, 0.2) is 36.4 Å². The van der Waals surface area contributed by atoms with Crippen molar-refractivity contribution in [1.29, 1.82) is 0 Å². The lowest BCUT2D eigenvalue weighted by molar-refractivity contribution is 0.0984. The van der Waals surface area contributed by atoms with E-state index in [0.717, 1.165) is 12.0 Å². The fourth-order valence-electron chi connectivity index (χ4n) is 1.98. The van der Waals surface area contributed by atoms with Crippen LogP contribution < -0.4 is 0 Å². The highest BCUT2D eigenvalue weighted by Gasteiger charge is 2.19. The Hall–Kier alpha value is -2.10. The Morgan fingerprint density at radius 1 is 0.950 bits per heavy atom. The first-order valence-corrected chi connectivity index (χ1v) is 6.26. The van der Waals surface area contributed by atoms with Crippen molar-refractivity contribution in [2.75, 3.05) is 0 Å². The van der Waals surface area contributed by atoms with Gasteiger partial charge < -0.3 is 0 Å². The number of hydrogen-bond donors (Lipinski definition) is 0. The van der Waals surface area contributed by atoms with Gasteiger partial charge in [-0.05, 0) is 17.5 Å². The maximum Gasteiger partial charge on any atom is 0.173 e. The number of ketones is 1. The van der Waals surface area contributed by atoms with Crippen LogP contribution in [-0.2, 0) is 12.8 Å². The summed E-state index contributed by atoms with van der Waals surface area (Å²) in [6.45, 7) is 2.00. The van der Waals surface area contributed by atoms with E-state index in [2.05, 4.69) is 0 Å². The summed E-state index contributed by atoms with van der Waals surface area (Å²) in [7, 11) is 0. The third kappa shape index (κ3) is 3.07. The highest BCUT2D eigenvalue weighted by molar-refractivity contribution is 5.98. The van der Waals surface area contributed by atoms with Crippen LogP contribution in [0.25, 0.3) is 0 Å². The van der Waals surface area contributed by atoms with Crippen LogP contribution in [0, 0.1) is 17.5 Å². The molecule has 0 radical (unpaired) electrons. The molecule has 2 rings (SSSR count). The standard InChI is InChI=1S/C16H13F3O/c1-2-10-3-5-11(6-4-10)7-15(20)16-13(18)8-12(17)9-14(16)19/h3-6,8-9H,2,7H2,1H3. The molecule has 0 N–H and O–H groups in total. The van der Waals surface area contributed by atoms with Gasteiger partial charge >= 0.3 is 0 Å². The van der Waals surface area contributed by atoms with E-state index in [0.29, 0.717) is 17.7 Å². The van der Waals surface area contributed by atoms with Crippen molar-refractivity contribution in [2.24, 2.45) is 0 Å². The molecule has 0 bridgehead atoms. The normalized spacial score (nSPS) is 10.6. The number of Topliss-reactive ketones (excluding diaryl/α,β-unsaturated/α-hetero) is 1. The summed E-state index contributed by atoms with van der Waals surface area (Å²) in [5.41, 5.74) is 1.08. The van der Waals surface area contributed by atoms with Gasteiger partial charge in [0.2, 0.25) is 0 Å². The number of benzene rings is 2. The fraction of sp³-hybridized carbons (Fsp3) is 0.188. The van der Waals surface area contributed by atoms with Crippen molar-refractivity contribution >= 4 is 5.78 Å². The molecular formula is C16H13F3O. The molecule has 0 heterocycles. The van der Waals surface area contributed by atoms with Gasteiger partial charge in [0, 0.05) is 18.6 Å². The number of carbonyl (C=O) groups excluding carboxylic acids is 1. The number of carbonyl (C=O) groups is 1. The summed E-state index contributed by atoms with van der Waals surface area (Å²) in [4.78, 5) is 11.9. The molecule has 0 saturated heterocycles. The third-order valence-corrected chi connectivity index (χ3v) is 3.08. The maximum atomic E-state index is 13.5. The third-order valence-electron chi connectivity index (χ3n) is 3.08. The molecular weight excluding hydrogens is 265 g/mol. The highest BCUT2D eigenvalue weighted by Crippen LogP contribution is 2.17. The lowest BCUT2D eigenvalue weighted by Crippen LogP contribution is -2.09. The van der Waals surface area contributed by atoms with Gasteiger partial charge in [0.15, 0.2) is 5.78 Å². The molecule has 0 amide bonds. The highest BCUT2D eigenvalue weighted by atomic mass is 19.1. The van der Waals surface area contributed by atoms with Crippen LogP contribution >= 0.6 is 0 Å². The van der Waals surface area contributed by atoms with E-state index < -0.39 is 28.8 Å². The largest absolute Gasteiger partial charge is 0.294 e. The zero-order valence-corrected chi connectivity index (χ0v) is 10.9. The Morgan fingerprint density at radius 3 is 1.95 bits per heavy atom. The van der Waals surface area contributed by atoms with Crippen LogP contribution in [0.1, 0.15) is 28.4 Å². The predicted octanol–water partition coefficient (Wildman–Crippen LogP) is 4.09. The minimum Gasteiger partial charge on any atom is -0.294 e. The Kier molecular flexibility index (Phi) is 4.23. The summed E-state index contributed by atoms with van der Waals surface area (Å²) in [6.07, 6.45) is 0.749. The maximum absolute atomic E-state index is 13.5. The van der Waals surface area contributed by atoms with E-state index in [9.17, 15) is 18.0 Å². The van der Waals surface area contributed by atoms with Crippen molar-refractivity contribution in [3.05, 3.63) is 70.5 Å². The molecule has 2 aromatic carbocycles. The van der Waals surface area contributed by atoms with Gasteiger partial charge in [-0.1, -0.05) is 31.2 Å². The minimum absolute atomic E-state index is 0.122. The zero-order valence-electron chi connectivity index (χ0n) is 10.9. The zero-order chi connectivity index (χ0) is 14.7. The van der Waals surface area contributed by atoms with Crippen molar-refractivity contribution in [3.8, 4) is 0 Å². The molecule has 0 atom stereocenters. The van der Waals surface area contributed by atoms with E-state index in [1.165, 1.54) is 0 Å². The molecule has 0 saturated carbocycles. The molecule has 0 fully saturated rings. The van der Waals surface area contributed by atoms with Crippen LogP contribution in [-0.4, -0.2) is 5.78 Å². The number of halogens is 3. The summed E-state index contributed by atoms with van der Waals surface area (Å²) >= 11 is 0. The Bertz CT molecular complexity index is 610. The van der Waals surface area contributed by atoms with Gasteiger partial charge in [-0.3, -0.25) is 4.79 Å². The number of hydrogen-bond acceptors (Lipinski definition) is 1. The van der Waals surface area contributed by atoms with Gasteiger partial charge in [-0.2, -0.15) is 0 Å². The second-order valence-electron chi connectivity index (χ2n) is 4.51. The van der Waals surface area contributed by atoms with Crippen molar-refractivity contribution in [1.82, 2.24) is 0 Å². The first-order valence-electron chi connectivity index (χ1n) is 6.26. The monoisotopic (exact) mass is 278 g/mol. The predicted molar refractivity (Wildman–Crippen MR) is 70.2 cm³/mol. The second-order valence-corrected chi connectivity index (χ2v) is 4.51. The van der Waals surface area contributed by atoms with Crippen LogP contribution in [0.3, 0.4) is 0 Å². The van der Waals surface area contributed by atoms with Crippen LogP contribution in [0.5, 0.6) is 0 Å². The minimum atomic E-state index is -1.17. The van der Waals surface area contributed by atoms with Crippen molar-refractivity contribution < 1.29 is 18.0 Å². The number of aryl methyl sites for hydroxylation is 1. The van der Waals surface area contributed by atoms with E-state index in [1.54, 1.807) is 12.1 Å². The molecule has 0 aliphatic heterocycles. The summed E-state index contributed by atoms with van der Waals surface area (Å²) in [6, 6.07) is 8.24. The van der Waals surface area contributed by atoms with E-state index in [-0.39, 0.29) is 6.42 Å².